The Bertz CT molecular complexity index is 3290. The molecule has 4 aromatic heterocycles. The van der Waals surface area contributed by atoms with Gasteiger partial charge in [-0.3, -0.25) is 8.97 Å². The first-order valence-electron chi connectivity index (χ1n) is 20.2. The van der Waals surface area contributed by atoms with Crippen LogP contribution in [0.1, 0.15) is 22.8 Å². The Kier molecular flexibility index (Phi) is 7.97. The second-order valence-corrected chi connectivity index (χ2v) is 19.3. The summed E-state index contributed by atoms with van der Waals surface area (Å²) in [5, 5.41) is 13.4. The normalized spacial score (nSPS) is 13.3. The van der Waals surface area contributed by atoms with Crippen LogP contribution in [0.3, 0.4) is 0 Å². The third-order valence-corrected chi connectivity index (χ3v) is 17.1. The van der Waals surface area contributed by atoms with E-state index in [1.807, 2.05) is 24.3 Å². The smallest absolute Gasteiger partial charge is 0.220 e. The summed E-state index contributed by atoms with van der Waals surface area (Å²) >= 11 is 0. The minimum absolute atomic E-state index is 0.408. The van der Waals surface area contributed by atoms with Crippen molar-refractivity contribution in [3.05, 3.63) is 211 Å². The Morgan fingerprint density at radius 3 is 1.82 bits per heavy atom. The van der Waals surface area contributed by atoms with Crippen LogP contribution in [-0.4, -0.2) is 42.3 Å². The number of para-hydroxylation sites is 6. The highest BCUT2D eigenvalue weighted by Crippen LogP contribution is 2.51. The van der Waals surface area contributed by atoms with Crippen LogP contribution in [0.15, 0.2) is 198 Å². The highest BCUT2D eigenvalue weighted by Gasteiger charge is 2.50. The average molecular weight is 810 g/mol. The molecule has 0 N–H and O–H groups in total. The average Bonchev–Trinajstić information content (AvgIpc) is 4.15. The third kappa shape index (κ3) is 5.30. The van der Waals surface area contributed by atoms with Crippen LogP contribution in [0.25, 0.3) is 33.5 Å². The third-order valence-electron chi connectivity index (χ3n) is 12.3. The second kappa shape index (κ2) is 13.9. The Labute approximate surface area is 350 Å². The van der Waals surface area contributed by atoms with Crippen LogP contribution >= 0.6 is 0 Å². The summed E-state index contributed by atoms with van der Waals surface area (Å²) < 4.78 is 22.5. The largest absolute Gasteiger partial charge is 0.457 e. The van der Waals surface area contributed by atoms with Gasteiger partial charge in [-0.2, -0.15) is 9.97 Å². The number of imidazole rings is 2. The Hall–Kier alpha value is -7.89. The molecule has 0 saturated heterocycles. The minimum atomic E-state index is -3.30. The zero-order chi connectivity index (χ0) is 40.4. The van der Waals surface area contributed by atoms with E-state index in [4.69, 9.17) is 18.8 Å². The fraction of sp³-hybridized carbons (Fsp3) is 0.0600. The molecule has 12 rings (SSSR count). The van der Waals surface area contributed by atoms with Crippen molar-refractivity contribution in [2.75, 3.05) is 0 Å². The van der Waals surface area contributed by atoms with Crippen molar-refractivity contribution >= 4 is 56.7 Å². The summed E-state index contributed by atoms with van der Waals surface area (Å²) in [6, 6.07) is 62.6. The molecule has 11 heteroatoms. The molecule has 11 aromatic rings. The maximum absolute atomic E-state index is 7.31. The van der Waals surface area contributed by atoms with Crippen LogP contribution in [0.2, 0.25) is 0 Å². The van der Waals surface area contributed by atoms with Gasteiger partial charge in [-0.05, 0) is 63.2 Å². The lowest BCUT2D eigenvalue weighted by atomic mass is 9.67. The predicted octanol–water partition coefficient (Wildman–Crippen LogP) is 7.45. The van der Waals surface area contributed by atoms with Crippen LogP contribution in [-0.2, 0) is 18.3 Å². The van der Waals surface area contributed by atoms with E-state index in [-0.39, 0.29) is 0 Å². The number of rotatable bonds is 9. The molecule has 0 fully saturated rings. The number of fused-ring (bicyclic) bond motifs is 7. The highest BCUT2D eigenvalue weighted by atomic mass is 28.3. The number of hydrogen-bond donors (Lipinski definition) is 0. The van der Waals surface area contributed by atoms with Gasteiger partial charge in [-0.15, -0.1) is 0 Å². The van der Waals surface area contributed by atoms with E-state index in [9.17, 15) is 0 Å². The molecule has 7 aromatic carbocycles. The van der Waals surface area contributed by atoms with Gasteiger partial charge >= 0.3 is 0 Å². The Morgan fingerprint density at radius 2 is 1.11 bits per heavy atom. The molecule has 0 radical (unpaired) electrons. The van der Waals surface area contributed by atoms with Crippen molar-refractivity contribution in [3.8, 4) is 17.2 Å². The van der Waals surface area contributed by atoms with Crippen molar-refractivity contribution in [2.24, 2.45) is 0 Å². The molecule has 0 bridgehead atoms. The van der Waals surface area contributed by atoms with Gasteiger partial charge in [0.15, 0.2) is 19.7 Å². The van der Waals surface area contributed by atoms with Crippen LogP contribution in [0.5, 0.6) is 11.5 Å². The first-order valence-corrected chi connectivity index (χ1v) is 22.2. The fourth-order valence-electron chi connectivity index (χ4n) is 9.88. The van der Waals surface area contributed by atoms with E-state index < -0.39 is 13.5 Å². The van der Waals surface area contributed by atoms with E-state index in [0.29, 0.717) is 24.5 Å². The van der Waals surface area contributed by atoms with Crippen molar-refractivity contribution in [1.29, 1.82) is 0 Å². The lowest BCUT2D eigenvalue weighted by Crippen LogP contribution is -2.75. The molecule has 0 aliphatic carbocycles. The quantitative estimate of drug-likeness (QED) is 0.109. The molecule has 0 amide bonds. The van der Waals surface area contributed by atoms with Crippen LogP contribution < -0.4 is 25.5 Å². The molecule has 1 aliphatic heterocycles. The molecular weight excluding hydrogens is 775 g/mol. The molecule has 1 aliphatic rings. The number of nitrogens with zero attached hydrogens (tertiary/aromatic N) is 7. The number of aromatic nitrogens is 7. The first-order chi connectivity index (χ1) is 30.2. The monoisotopic (exact) mass is 809 g/mol. The van der Waals surface area contributed by atoms with Crippen molar-refractivity contribution in [2.45, 2.75) is 18.3 Å². The summed E-state index contributed by atoms with van der Waals surface area (Å²) in [7, 11) is -3.30. The molecule has 0 saturated carbocycles. The molecule has 5 heterocycles. The summed E-state index contributed by atoms with van der Waals surface area (Å²) in [5.74, 6) is 3.54. The molecular formula is C50H35N7O3Si. The summed E-state index contributed by atoms with van der Waals surface area (Å²) in [4.78, 5) is 14.3. The standard InChI is InChI=1S/C50H35N7O3Si/c1-3-16-35(17-4-1)61(36-18-5-2-6-19-36,37-20-13-15-34(29-37)56-42-25-10-11-26-43(42)57-41-24-9-8-23-40(41)53-49(56)57)45-28-14-22-39-48(45)60-44-27-12-7-21-38(44)50(39,30-46-51-32-58-54-46)31-47-52-33-59-55-47/h1-29,32-33H,30-31H2. The first kappa shape index (κ1) is 35.1. The number of ether oxygens (including phenoxy) is 1. The van der Waals surface area contributed by atoms with Gasteiger partial charge in [0.05, 0.1) is 22.1 Å². The van der Waals surface area contributed by atoms with Gasteiger partial charge in [0.25, 0.3) is 0 Å². The summed E-state index contributed by atoms with van der Waals surface area (Å²) in [6.45, 7) is 0. The zero-order valence-electron chi connectivity index (χ0n) is 32.7. The summed E-state index contributed by atoms with van der Waals surface area (Å²) in [6.07, 6.45) is 3.57. The minimum Gasteiger partial charge on any atom is -0.457 e. The molecule has 0 unspecified atom stereocenters. The van der Waals surface area contributed by atoms with E-state index in [1.165, 1.54) is 28.3 Å². The number of hydrogen-bond acceptors (Lipinski definition) is 8. The number of benzene rings is 7. The van der Waals surface area contributed by atoms with Gasteiger partial charge in [-0.1, -0.05) is 144 Å². The topological polar surface area (TPSA) is 109 Å². The van der Waals surface area contributed by atoms with Gasteiger partial charge in [0.1, 0.15) is 11.5 Å². The van der Waals surface area contributed by atoms with E-state index >= 15 is 0 Å². The lowest BCUT2D eigenvalue weighted by molar-refractivity contribution is 0.359. The molecule has 0 spiro atoms. The fourth-order valence-corrected chi connectivity index (χ4v) is 14.8. The molecule has 61 heavy (non-hydrogen) atoms. The lowest BCUT2D eigenvalue weighted by Gasteiger charge is -2.43. The zero-order valence-corrected chi connectivity index (χ0v) is 33.7. The van der Waals surface area contributed by atoms with Crippen molar-refractivity contribution < 1.29 is 13.8 Å². The highest BCUT2D eigenvalue weighted by molar-refractivity contribution is 7.20. The SMILES string of the molecule is c1ccc([Si](c2ccccc2)(c2cccc(-n3c4ccccc4n4c5ccccc5nc34)c2)c2cccc3c2Oc2ccccc2C3(Cc2ncon2)Cc2ncon2)cc1. The van der Waals surface area contributed by atoms with Crippen molar-refractivity contribution in [3.63, 3.8) is 0 Å². The molecule has 0 atom stereocenters. The Morgan fingerprint density at radius 1 is 0.525 bits per heavy atom. The predicted molar refractivity (Wildman–Crippen MR) is 236 cm³/mol. The van der Waals surface area contributed by atoms with Gasteiger partial charge in [0, 0.05) is 35.1 Å². The van der Waals surface area contributed by atoms with Crippen LogP contribution in [0, 0.1) is 0 Å². The van der Waals surface area contributed by atoms with Crippen molar-refractivity contribution in [1.82, 2.24) is 34.2 Å². The van der Waals surface area contributed by atoms with Gasteiger partial charge < -0.3 is 13.8 Å². The summed E-state index contributed by atoms with van der Waals surface area (Å²) in [5.41, 5.74) is 6.41. The Balaban J connectivity index is 1.17. The van der Waals surface area contributed by atoms with Gasteiger partial charge in [0.2, 0.25) is 18.6 Å². The van der Waals surface area contributed by atoms with E-state index in [0.717, 1.165) is 61.3 Å². The van der Waals surface area contributed by atoms with Crippen LogP contribution in [0.4, 0.5) is 0 Å². The van der Waals surface area contributed by atoms with E-state index in [2.05, 4.69) is 181 Å². The maximum Gasteiger partial charge on any atom is 0.220 e. The van der Waals surface area contributed by atoms with Gasteiger partial charge in [-0.25, -0.2) is 4.98 Å². The molecule has 292 valence electrons. The molecule has 10 nitrogen and oxygen atoms in total. The maximum atomic E-state index is 7.31. The van der Waals surface area contributed by atoms with E-state index in [1.54, 1.807) is 0 Å². The second-order valence-electron chi connectivity index (χ2n) is 15.5.